The van der Waals surface area contributed by atoms with Crippen LogP contribution in [0.5, 0.6) is 0 Å². The third kappa shape index (κ3) is 2.83. The highest BCUT2D eigenvalue weighted by Crippen LogP contribution is 2.44. The van der Waals surface area contributed by atoms with E-state index in [4.69, 9.17) is 9.84 Å². The van der Waals surface area contributed by atoms with Crippen LogP contribution in [0.15, 0.2) is 0 Å². The van der Waals surface area contributed by atoms with E-state index < -0.39 is 17.4 Å². The summed E-state index contributed by atoms with van der Waals surface area (Å²) in [7, 11) is 1.24. The Morgan fingerprint density at radius 2 is 1.89 bits per heavy atom. The van der Waals surface area contributed by atoms with Gasteiger partial charge < -0.3 is 14.9 Å². The zero-order chi connectivity index (χ0) is 13.6. The van der Waals surface area contributed by atoms with Crippen molar-refractivity contribution in [1.82, 2.24) is 0 Å². The Kier molecular flexibility index (Phi) is 5.59. The topological polar surface area (TPSA) is 83.8 Å². The van der Waals surface area contributed by atoms with Crippen LogP contribution in [0, 0.1) is 11.3 Å². The molecule has 0 amide bonds. The van der Waals surface area contributed by atoms with Crippen LogP contribution in [0.4, 0.5) is 0 Å². The average Bonchev–Trinajstić information content (AvgIpc) is 2.87. The van der Waals surface area contributed by atoms with Crippen molar-refractivity contribution in [2.24, 2.45) is 11.3 Å². The van der Waals surface area contributed by atoms with Gasteiger partial charge in [-0.15, -0.1) is 0 Å². The molecule has 5 heteroatoms. The molecule has 104 valence electrons. The summed E-state index contributed by atoms with van der Waals surface area (Å²) in [5.74, 6) is -1.86. The summed E-state index contributed by atoms with van der Waals surface area (Å²) in [4.78, 5) is 23.6. The molecule has 1 aliphatic carbocycles. The molecule has 0 radical (unpaired) electrons. The molecule has 1 rings (SSSR count). The molecule has 0 aromatic carbocycles. The predicted octanol–water partition coefficient (Wildman–Crippen LogP) is 1.58. The number of hydrogen-bond donors (Lipinski definition) is 2. The number of ether oxygens (including phenoxy) is 1. The molecule has 0 saturated heterocycles. The molecule has 5 nitrogen and oxygen atoms in total. The number of carboxylic acids is 1. The van der Waals surface area contributed by atoms with Crippen LogP contribution in [0.2, 0.25) is 0 Å². The highest BCUT2D eigenvalue weighted by molar-refractivity contribution is 5.99. The molecule has 2 N–H and O–H groups in total. The van der Waals surface area contributed by atoms with Crippen LogP contribution in [0.1, 0.15) is 44.9 Å². The van der Waals surface area contributed by atoms with Crippen molar-refractivity contribution in [3.05, 3.63) is 0 Å². The minimum atomic E-state index is -1.42. The molecule has 0 aromatic heterocycles. The molecule has 18 heavy (non-hydrogen) atoms. The fourth-order valence-corrected chi connectivity index (χ4v) is 2.96. The van der Waals surface area contributed by atoms with Crippen LogP contribution in [-0.4, -0.2) is 35.9 Å². The standard InChI is InChI=1S/C13H22O5/c1-18-12(17)13(11(15)16,8-4-5-9-14)10-6-2-3-7-10/h10,14H,2-9H2,1H3,(H,15,16). The number of hydrogen-bond acceptors (Lipinski definition) is 4. The van der Waals surface area contributed by atoms with Gasteiger partial charge in [-0.3, -0.25) is 9.59 Å². The van der Waals surface area contributed by atoms with E-state index in [0.29, 0.717) is 12.8 Å². The number of aliphatic hydroxyl groups is 1. The highest BCUT2D eigenvalue weighted by atomic mass is 16.5. The van der Waals surface area contributed by atoms with Crippen LogP contribution >= 0.6 is 0 Å². The van der Waals surface area contributed by atoms with Crippen LogP contribution < -0.4 is 0 Å². The Balaban J connectivity index is 2.93. The summed E-state index contributed by atoms with van der Waals surface area (Å²) in [5.41, 5.74) is -1.42. The lowest BCUT2D eigenvalue weighted by molar-refractivity contribution is -0.172. The zero-order valence-electron chi connectivity index (χ0n) is 10.9. The maximum absolute atomic E-state index is 12.0. The van der Waals surface area contributed by atoms with E-state index in [9.17, 15) is 14.7 Å². The van der Waals surface area contributed by atoms with Gasteiger partial charge in [0.25, 0.3) is 0 Å². The van der Waals surface area contributed by atoms with Crippen molar-refractivity contribution in [1.29, 1.82) is 0 Å². The lowest BCUT2D eigenvalue weighted by Gasteiger charge is -2.32. The lowest BCUT2D eigenvalue weighted by atomic mass is 9.71. The number of esters is 1. The minimum absolute atomic E-state index is 0.0154. The molecular formula is C13H22O5. The Labute approximate surface area is 107 Å². The number of aliphatic carboxylic acids is 1. The number of carbonyl (C=O) groups excluding carboxylic acids is 1. The zero-order valence-corrected chi connectivity index (χ0v) is 10.9. The van der Waals surface area contributed by atoms with Gasteiger partial charge in [-0.05, 0) is 38.0 Å². The molecule has 0 heterocycles. The largest absolute Gasteiger partial charge is 0.480 e. The van der Waals surface area contributed by atoms with E-state index in [2.05, 4.69) is 0 Å². The van der Waals surface area contributed by atoms with Gasteiger partial charge in [0.05, 0.1) is 7.11 Å². The summed E-state index contributed by atoms with van der Waals surface area (Å²) >= 11 is 0. The number of unbranched alkanes of at least 4 members (excludes halogenated alkanes) is 1. The maximum Gasteiger partial charge on any atom is 0.323 e. The summed E-state index contributed by atoms with van der Waals surface area (Å²) in [5, 5.41) is 18.3. The van der Waals surface area contributed by atoms with Crippen molar-refractivity contribution >= 4 is 11.9 Å². The fraction of sp³-hybridized carbons (Fsp3) is 0.846. The van der Waals surface area contributed by atoms with Crippen molar-refractivity contribution < 1.29 is 24.5 Å². The predicted molar refractivity (Wildman–Crippen MR) is 65.0 cm³/mol. The number of aliphatic hydroxyl groups excluding tert-OH is 1. The van der Waals surface area contributed by atoms with Crippen molar-refractivity contribution in [3.63, 3.8) is 0 Å². The highest BCUT2D eigenvalue weighted by Gasteiger charge is 2.53. The smallest absolute Gasteiger partial charge is 0.323 e. The van der Waals surface area contributed by atoms with Gasteiger partial charge in [-0.1, -0.05) is 12.8 Å². The van der Waals surface area contributed by atoms with Gasteiger partial charge in [-0.25, -0.2) is 0 Å². The Hall–Kier alpha value is -1.10. The van der Waals surface area contributed by atoms with E-state index in [1.54, 1.807) is 0 Å². The Morgan fingerprint density at radius 1 is 1.28 bits per heavy atom. The van der Waals surface area contributed by atoms with Crippen LogP contribution in [-0.2, 0) is 14.3 Å². The molecule has 0 spiro atoms. The third-order valence-electron chi connectivity index (χ3n) is 3.96. The summed E-state index contributed by atoms with van der Waals surface area (Å²) in [6.45, 7) is 0.0154. The van der Waals surface area contributed by atoms with Crippen LogP contribution in [0.3, 0.4) is 0 Å². The number of methoxy groups -OCH3 is 1. The summed E-state index contributed by atoms with van der Waals surface area (Å²) < 4.78 is 4.74. The molecule has 1 unspecified atom stereocenters. The summed E-state index contributed by atoms with van der Waals surface area (Å²) in [6, 6.07) is 0. The second-order valence-corrected chi connectivity index (χ2v) is 4.93. The number of carbonyl (C=O) groups is 2. The van der Waals surface area contributed by atoms with Crippen LogP contribution in [0.25, 0.3) is 0 Å². The SMILES string of the molecule is COC(=O)C(CCCCO)(C(=O)O)C1CCCC1. The van der Waals surface area contributed by atoms with Crippen molar-refractivity contribution in [2.75, 3.05) is 13.7 Å². The Bertz CT molecular complexity index is 296. The minimum Gasteiger partial charge on any atom is -0.480 e. The van der Waals surface area contributed by atoms with Gasteiger partial charge in [0, 0.05) is 6.61 Å². The first-order valence-corrected chi connectivity index (χ1v) is 6.52. The first kappa shape index (κ1) is 15.0. The van der Waals surface area contributed by atoms with Crippen molar-refractivity contribution in [2.45, 2.75) is 44.9 Å². The van der Waals surface area contributed by atoms with E-state index >= 15 is 0 Å². The molecule has 1 fully saturated rings. The third-order valence-corrected chi connectivity index (χ3v) is 3.96. The molecule has 0 aromatic rings. The molecule has 0 bridgehead atoms. The maximum atomic E-state index is 12.0. The molecule has 1 saturated carbocycles. The van der Waals surface area contributed by atoms with Gasteiger partial charge in [-0.2, -0.15) is 0 Å². The van der Waals surface area contributed by atoms with E-state index in [1.165, 1.54) is 7.11 Å². The van der Waals surface area contributed by atoms with Gasteiger partial charge in [0.1, 0.15) is 0 Å². The van der Waals surface area contributed by atoms with Gasteiger partial charge in [0.15, 0.2) is 5.41 Å². The van der Waals surface area contributed by atoms with Crippen molar-refractivity contribution in [3.8, 4) is 0 Å². The lowest BCUT2D eigenvalue weighted by Crippen LogP contribution is -2.45. The molecule has 1 atom stereocenters. The first-order chi connectivity index (χ1) is 8.59. The quantitative estimate of drug-likeness (QED) is 0.411. The normalized spacial score (nSPS) is 19.4. The monoisotopic (exact) mass is 258 g/mol. The first-order valence-electron chi connectivity index (χ1n) is 6.52. The average molecular weight is 258 g/mol. The second kappa shape index (κ2) is 6.73. The second-order valence-electron chi connectivity index (χ2n) is 4.93. The van der Waals surface area contributed by atoms with Gasteiger partial charge in [0.2, 0.25) is 0 Å². The molecule has 0 aliphatic heterocycles. The molecule has 1 aliphatic rings. The Morgan fingerprint density at radius 3 is 2.33 bits per heavy atom. The number of rotatable bonds is 7. The number of carboxylic acid groups (broad SMARTS) is 1. The van der Waals surface area contributed by atoms with E-state index in [0.717, 1.165) is 25.7 Å². The summed E-state index contributed by atoms with van der Waals surface area (Å²) in [6.07, 6.45) is 4.75. The molecular weight excluding hydrogens is 236 g/mol. The van der Waals surface area contributed by atoms with Gasteiger partial charge >= 0.3 is 11.9 Å². The van der Waals surface area contributed by atoms with E-state index in [-0.39, 0.29) is 18.9 Å². The fourth-order valence-electron chi connectivity index (χ4n) is 2.96. The van der Waals surface area contributed by atoms with E-state index in [1.807, 2.05) is 0 Å².